The highest BCUT2D eigenvalue weighted by atomic mass is 19.4. The van der Waals surface area contributed by atoms with Crippen molar-refractivity contribution in [2.24, 2.45) is 0 Å². The van der Waals surface area contributed by atoms with Crippen molar-refractivity contribution in [1.29, 1.82) is 0 Å². The normalized spacial score (nSPS) is 14.5. The van der Waals surface area contributed by atoms with Crippen molar-refractivity contribution in [1.82, 2.24) is 19.3 Å². The van der Waals surface area contributed by atoms with Gasteiger partial charge in [0.05, 0.1) is 24.8 Å². The summed E-state index contributed by atoms with van der Waals surface area (Å²) in [5, 5.41) is 4.11. The van der Waals surface area contributed by atoms with Crippen LogP contribution in [0.5, 0.6) is 0 Å². The molecule has 6 nitrogen and oxygen atoms in total. The van der Waals surface area contributed by atoms with Crippen LogP contribution in [-0.4, -0.2) is 32.4 Å². The highest BCUT2D eigenvalue weighted by Crippen LogP contribution is 2.32. The zero-order valence-electron chi connectivity index (χ0n) is 17.1. The predicted molar refractivity (Wildman–Crippen MR) is 112 cm³/mol. The minimum atomic E-state index is -4.51. The summed E-state index contributed by atoms with van der Waals surface area (Å²) in [5.41, 5.74) is -0.544. The second-order valence-corrected chi connectivity index (χ2v) is 7.47. The number of imidazole rings is 1. The molecule has 0 radical (unpaired) electrons. The maximum absolute atomic E-state index is 13.4. The first-order chi connectivity index (χ1) is 14.9. The molecule has 3 aromatic rings. The van der Waals surface area contributed by atoms with Crippen molar-refractivity contribution in [3.8, 4) is 11.8 Å². The molecular formula is C22H22F3N5O. The molecule has 0 bridgehead atoms. The number of anilines is 1. The van der Waals surface area contributed by atoms with Gasteiger partial charge in [0.25, 0.3) is 5.56 Å². The number of aromatic nitrogens is 4. The lowest BCUT2D eigenvalue weighted by Crippen LogP contribution is -2.32. The van der Waals surface area contributed by atoms with Crippen molar-refractivity contribution in [3.05, 3.63) is 51.9 Å². The van der Waals surface area contributed by atoms with E-state index >= 15 is 0 Å². The summed E-state index contributed by atoms with van der Waals surface area (Å²) >= 11 is 0. The number of fused-ring (bicyclic) bond motifs is 1. The third-order valence-corrected chi connectivity index (χ3v) is 5.43. The van der Waals surface area contributed by atoms with Gasteiger partial charge in [-0.15, -0.1) is 5.92 Å². The van der Waals surface area contributed by atoms with Gasteiger partial charge in [0.1, 0.15) is 11.0 Å². The van der Waals surface area contributed by atoms with E-state index in [0.717, 1.165) is 43.1 Å². The van der Waals surface area contributed by atoms with Crippen LogP contribution in [0, 0.1) is 11.8 Å². The SMILES string of the molecule is CC#CCn1c(N2CCCCC2)nc2cnn(Cc3ccccc3C(F)(F)F)c(=O)c21. The summed E-state index contributed by atoms with van der Waals surface area (Å²) in [6.07, 6.45) is 0.164. The van der Waals surface area contributed by atoms with Crippen LogP contribution < -0.4 is 10.5 Å². The first-order valence-electron chi connectivity index (χ1n) is 10.2. The summed E-state index contributed by atoms with van der Waals surface area (Å²) in [4.78, 5) is 20.0. The molecule has 162 valence electrons. The second kappa shape index (κ2) is 8.46. The average molecular weight is 429 g/mol. The molecule has 1 aromatic carbocycles. The minimum absolute atomic E-state index is 0.0142. The molecule has 0 N–H and O–H groups in total. The van der Waals surface area contributed by atoms with Crippen LogP contribution >= 0.6 is 0 Å². The van der Waals surface area contributed by atoms with E-state index in [1.165, 1.54) is 24.4 Å². The average Bonchev–Trinajstić information content (AvgIpc) is 3.14. The monoisotopic (exact) mass is 429 g/mol. The zero-order chi connectivity index (χ0) is 22.0. The Morgan fingerprint density at radius 3 is 2.58 bits per heavy atom. The molecule has 9 heteroatoms. The van der Waals surface area contributed by atoms with E-state index in [9.17, 15) is 18.0 Å². The molecule has 1 aliphatic rings. The van der Waals surface area contributed by atoms with Gasteiger partial charge in [0.2, 0.25) is 5.95 Å². The van der Waals surface area contributed by atoms with Crippen LogP contribution in [0.4, 0.5) is 19.1 Å². The maximum atomic E-state index is 13.4. The fourth-order valence-electron chi connectivity index (χ4n) is 3.93. The third-order valence-electron chi connectivity index (χ3n) is 5.43. The number of alkyl halides is 3. The lowest BCUT2D eigenvalue weighted by atomic mass is 10.1. The molecule has 0 spiro atoms. The number of benzene rings is 1. The van der Waals surface area contributed by atoms with E-state index < -0.39 is 17.3 Å². The van der Waals surface area contributed by atoms with Crippen LogP contribution in [-0.2, 0) is 19.3 Å². The van der Waals surface area contributed by atoms with Gasteiger partial charge in [-0.25, -0.2) is 9.67 Å². The van der Waals surface area contributed by atoms with Gasteiger partial charge in [-0.05, 0) is 37.8 Å². The van der Waals surface area contributed by atoms with E-state index in [1.54, 1.807) is 11.5 Å². The predicted octanol–water partition coefficient (Wildman–Crippen LogP) is 3.67. The van der Waals surface area contributed by atoms with Gasteiger partial charge in [0.15, 0.2) is 0 Å². The second-order valence-electron chi connectivity index (χ2n) is 7.47. The lowest BCUT2D eigenvalue weighted by Gasteiger charge is -2.27. The molecule has 1 saturated heterocycles. The fraction of sp³-hybridized carbons (Fsp3) is 0.409. The number of halogens is 3. The van der Waals surface area contributed by atoms with Crippen molar-refractivity contribution < 1.29 is 13.2 Å². The van der Waals surface area contributed by atoms with Crippen LogP contribution in [0.25, 0.3) is 11.0 Å². The van der Waals surface area contributed by atoms with Crippen LogP contribution in [0.3, 0.4) is 0 Å². The molecule has 0 amide bonds. The van der Waals surface area contributed by atoms with Crippen molar-refractivity contribution in [2.45, 2.75) is 45.5 Å². The standard InChI is InChI=1S/C22H22F3N5O/c1-2-3-13-29-19-18(27-21(29)28-11-7-4-8-12-28)14-26-30(20(19)31)15-16-9-5-6-10-17(16)22(23,24)25/h5-6,9-10,14H,4,7-8,11-13,15H2,1H3. The first kappa shape index (κ1) is 21.0. The van der Waals surface area contributed by atoms with E-state index in [-0.39, 0.29) is 18.7 Å². The summed E-state index contributed by atoms with van der Waals surface area (Å²) < 4.78 is 42.9. The Kier molecular flexibility index (Phi) is 5.72. The zero-order valence-corrected chi connectivity index (χ0v) is 17.1. The minimum Gasteiger partial charge on any atom is -0.342 e. The molecule has 0 atom stereocenters. The molecule has 2 aromatic heterocycles. The highest BCUT2D eigenvalue weighted by Gasteiger charge is 2.33. The van der Waals surface area contributed by atoms with Gasteiger partial charge >= 0.3 is 6.18 Å². The van der Waals surface area contributed by atoms with Gasteiger partial charge in [0, 0.05) is 13.1 Å². The smallest absolute Gasteiger partial charge is 0.342 e. The van der Waals surface area contributed by atoms with Gasteiger partial charge in [-0.1, -0.05) is 24.1 Å². The molecule has 31 heavy (non-hydrogen) atoms. The Balaban J connectivity index is 1.82. The highest BCUT2D eigenvalue weighted by molar-refractivity contribution is 5.77. The van der Waals surface area contributed by atoms with Crippen molar-refractivity contribution in [3.63, 3.8) is 0 Å². The first-order valence-corrected chi connectivity index (χ1v) is 10.2. The van der Waals surface area contributed by atoms with Gasteiger partial charge in [-0.2, -0.15) is 18.3 Å². The summed E-state index contributed by atoms with van der Waals surface area (Å²) in [7, 11) is 0. The Morgan fingerprint density at radius 1 is 1.13 bits per heavy atom. The van der Waals surface area contributed by atoms with Crippen molar-refractivity contribution >= 4 is 17.0 Å². The number of piperidine rings is 1. The van der Waals surface area contributed by atoms with Crippen LogP contribution in [0.2, 0.25) is 0 Å². The lowest BCUT2D eigenvalue weighted by molar-refractivity contribution is -0.138. The Bertz CT molecular complexity index is 1210. The quantitative estimate of drug-likeness (QED) is 0.594. The summed E-state index contributed by atoms with van der Waals surface area (Å²) in [6.45, 7) is 3.38. The number of rotatable bonds is 4. The van der Waals surface area contributed by atoms with Gasteiger partial charge in [-0.3, -0.25) is 9.36 Å². The molecule has 4 rings (SSSR count). The number of nitrogens with zero attached hydrogens (tertiary/aromatic N) is 5. The molecule has 1 fully saturated rings. The Morgan fingerprint density at radius 2 is 1.87 bits per heavy atom. The Hall–Kier alpha value is -3.28. The summed E-state index contributed by atoms with van der Waals surface area (Å²) in [5.74, 6) is 6.47. The van der Waals surface area contributed by atoms with E-state index in [0.29, 0.717) is 17.0 Å². The topological polar surface area (TPSA) is 56.0 Å². The molecule has 0 aliphatic carbocycles. The molecule has 0 saturated carbocycles. The van der Waals surface area contributed by atoms with E-state index in [1.807, 2.05) is 0 Å². The molecule has 0 unspecified atom stereocenters. The molecule has 1 aliphatic heterocycles. The third kappa shape index (κ3) is 4.15. The van der Waals surface area contributed by atoms with Gasteiger partial charge < -0.3 is 4.90 Å². The van der Waals surface area contributed by atoms with E-state index in [4.69, 9.17) is 0 Å². The van der Waals surface area contributed by atoms with E-state index in [2.05, 4.69) is 26.8 Å². The maximum Gasteiger partial charge on any atom is 0.416 e. The summed E-state index contributed by atoms with van der Waals surface area (Å²) in [6, 6.07) is 5.22. The largest absolute Gasteiger partial charge is 0.416 e. The Labute approximate surface area is 177 Å². The number of hydrogen-bond acceptors (Lipinski definition) is 4. The molecule has 3 heterocycles. The fourth-order valence-corrected chi connectivity index (χ4v) is 3.93. The molecular weight excluding hydrogens is 407 g/mol. The van der Waals surface area contributed by atoms with Crippen molar-refractivity contribution in [2.75, 3.05) is 18.0 Å². The number of hydrogen-bond donors (Lipinski definition) is 0. The van der Waals surface area contributed by atoms with Crippen LogP contribution in [0.1, 0.15) is 37.3 Å². The van der Waals surface area contributed by atoms with Crippen LogP contribution in [0.15, 0.2) is 35.3 Å².